The number of methoxy groups -OCH3 is 1. The molecule has 3 rings (SSSR count). The number of benzene rings is 2. The molecule has 6 nitrogen and oxygen atoms in total. The molecule has 152 valence electrons. The second-order valence-electron chi connectivity index (χ2n) is 5.87. The molecule has 0 spiro atoms. The Morgan fingerprint density at radius 2 is 1.76 bits per heavy atom. The number of sulfonamides is 1. The van der Waals surface area contributed by atoms with Gasteiger partial charge in [0.2, 0.25) is 0 Å². The molecular weight excluding hydrogens is 455 g/mol. The normalized spacial score (nSPS) is 11.2. The number of hydrogen-bond donors (Lipinski definition) is 1. The maximum Gasteiger partial charge on any atom is 0.267 e. The van der Waals surface area contributed by atoms with Crippen molar-refractivity contribution in [3.63, 3.8) is 0 Å². The van der Waals surface area contributed by atoms with E-state index in [-0.39, 0.29) is 14.8 Å². The number of amides is 1. The van der Waals surface area contributed by atoms with Gasteiger partial charge >= 0.3 is 0 Å². The van der Waals surface area contributed by atoms with E-state index >= 15 is 0 Å². The maximum atomic E-state index is 13.1. The van der Waals surface area contributed by atoms with Crippen molar-refractivity contribution in [3.8, 4) is 5.75 Å². The van der Waals surface area contributed by atoms with E-state index in [2.05, 4.69) is 5.32 Å². The number of rotatable bonds is 6. The molecule has 3 aromatic rings. The highest BCUT2D eigenvalue weighted by Gasteiger charge is 2.28. The van der Waals surface area contributed by atoms with Crippen molar-refractivity contribution in [1.82, 2.24) is 0 Å². The van der Waals surface area contributed by atoms with Crippen molar-refractivity contribution in [1.29, 1.82) is 0 Å². The molecule has 2 aromatic carbocycles. The smallest absolute Gasteiger partial charge is 0.267 e. The van der Waals surface area contributed by atoms with Gasteiger partial charge in [-0.25, -0.2) is 8.42 Å². The van der Waals surface area contributed by atoms with Crippen LogP contribution in [0, 0.1) is 0 Å². The third-order valence-corrected chi connectivity index (χ3v) is 7.70. The molecule has 1 aromatic heterocycles. The second-order valence-corrected chi connectivity index (χ2v) is 9.54. The van der Waals surface area contributed by atoms with Crippen LogP contribution in [0.5, 0.6) is 5.75 Å². The molecule has 1 N–H and O–H groups in total. The van der Waals surface area contributed by atoms with Crippen LogP contribution in [0.15, 0.2) is 58.8 Å². The molecule has 1 heterocycles. The third-order valence-electron chi connectivity index (χ3n) is 4.09. The maximum absolute atomic E-state index is 13.1. The molecule has 0 radical (unpaired) electrons. The Balaban J connectivity index is 1.88. The monoisotopic (exact) mass is 470 g/mol. The molecule has 0 fully saturated rings. The Labute approximate surface area is 182 Å². The lowest BCUT2D eigenvalue weighted by atomic mass is 10.3. The summed E-state index contributed by atoms with van der Waals surface area (Å²) < 4.78 is 32.4. The van der Waals surface area contributed by atoms with E-state index in [0.29, 0.717) is 22.1 Å². The molecule has 0 saturated heterocycles. The molecule has 0 aliphatic carbocycles. The van der Waals surface area contributed by atoms with Crippen LogP contribution in [-0.2, 0) is 10.0 Å². The van der Waals surface area contributed by atoms with Gasteiger partial charge in [0, 0.05) is 12.7 Å². The van der Waals surface area contributed by atoms with Crippen LogP contribution in [-0.4, -0.2) is 28.5 Å². The number of anilines is 2. The fraction of sp³-hybridized carbons (Fsp3) is 0.105. The minimum absolute atomic E-state index is 0.0661. The van der Waals surface area contributed by atoms with Crippen LogP contribution in [0.2, 0.25) is 10.0 Å². The van der Waals surface area contributed by atoms with Crippen LogP contribution in [0.25, 0.3) is 0 Å². The lowest BCUT2D eigenvalue weighted by Crippen LogP contribution is -2.28. The van der Waals surface area contributed by atoms with Crippen LogP contribution in [0.4, 0.5) is 11.4 Å². The van der Waals surface area contributed by atoms with Crippen molar-refractivity contribution in [3.05, 3.63) is 68.8 Å². The Hall–Kier alpha value is -2.26. The van der Waals surface area contributed by atoms with E-state index in [1.54, 1.807) is 41.8 Å². The summed E-state index contributed by atoms with van der Waals surface area (Å²) in [6, 6.07) is 12.6. The molecular formula is C19H16Cl2N2O4S2. The van der Waals surface area contributed by atoms with Crippen molar-refractivity contribution in [2.75, 3.05) is 23.8 Å². The number of hydrogen-bond acceptors (Lipinski definition) is 5. The number of nitrogens with one attached hydrogen (secondary N) is 1. The number of carbonyl (C=O) groups is 1. The van der Waals surface area contributed by atoms with E-state index in [9.17, 15) is 13.2 Å². The van der Waals surface area contributed by atoms with Crippen LogP contribution in [0.3, 0.4) is 0 Å². The van der Waals surface area contributed by atoms with E-state index in [4.69, 9.17) is 27.9 Å². The summed E-state index contributed by atoms with van der Waals surface area (Å²) in [6.07, 6.45) is 0. The van der Waals surface area contributed by atoms with Crippen LogP contribution in [0.1, 0.15) is 9.67 Å². The summed E-state index contributed by atoms with van der Waals surface area (Å²) >= 11 is 12.9. The highest BCUT2D eigenvalue weighted by atomic mass is 35.5. The van der Waals surface area contributed by atoms with Gasteiger partial charge in [-0.15, -0.1) is 11.3 Å². The molecule has 0 unspecified atom stereocenters. The van der Waals surface area contributed by atoms with Crippen LogP contribution < -0.4 is 14.4 Å². The summed E-state index contributed by atoms with van der Waals surface area (Å²) in [5.41, 5.74) is 0.845. The Morgan fingerprint density at radius 1 is 1.07 bits per heavy atom. The summed E-state index contributed by atoms with van der Waals surface area (Å²) in [5.74, 6) is 0.0527. The van der Waals surface area contributed by atoms with Crippen molar-refractivity contribution in [2.24, 2.45) is 0 Å². The topological polar surface area (TPSA) is 75.7 Å². The molecule has 29 heavy (non-hydrogen) atoms. The van der Waals surface area contributed by atoms with E-state index in [0.717, 1.165) is 15.6 Å². The summed E-state index contributed by atoms with van der Waals surface area (Å²) in [4.78, 5) is 12.7. The molecule has 0 aliphatic heterocycles. The van der Waals surface area contributed by atoms with Crippen LogP contribution >= 0.6 is 34.5 Å². The van der Waals surface area contributed by atoms with Gasteiger partial charge < -0.3 is 10.1 Å². The first-order valence-corrected chi connectivity index (χ1v) is 11.3. The zero-order valence-corrected chi connectivity index (χ0v) is 18.5. The number of thiophene rings is 1. The van der Waals surface area contributed by atoms with Gasteiger partial charge in [-0.2, -0.15) is 0 Å². The second kappa shape index (κ2) is 8.62. The molecule has 0 aliphatic rings. The first kappa shape index (κ1) is 21.4. The van der Waals surface area contributed by atoms with E-state index in [1.165, 1.54) is 26.3 Å². The van der Waals surface area contributed by atoms with Crippen molar-refractivity contribution >= 4 is 61.8 Å². The number of ether oxygens (including phenoxy) is 1. The predicted octanol–water partition coefficient (Wildman–Crippen LogP) is 5.14. The lowest BCUT2D eigenvalue weighted by molar-refractivity contribution is 0.102. The summed E-state index contributed by atoms with van der Waals surface area (Å²) in [6.45, 7) is 0. The molecule has 0 saturated carbocycles. The fourth-order valence-corrected chi connectivity index (χ4v) is 5.29. The standard InChI is InChI=1S/C19H16Cl2N2O4S2/c1-23(13-4-6-14(27-2)7-5-13)29(25,26)17-9-10-28-18(17)19(24)22-12-3-8-15(20)16(21)11-12/h3-11H,1-2H3,(H,22,24). The van der Waals surface area contributed by atoms with Gasteiger partial charge in [-0.05, 0) is 53.9 Å². The molecule has 10 heteroatoms. The van der Waals surface area contributed by atoms with Gasteiger partial charge in [0.15, 0.2) is 0 Å². The lowest BCUT2D eigenvalue weighted by Gasteiger charge is -2.20. The van der Waals surface area contributed by atoms with Gasteiger partial charge in [0.1, 0.15) is 15.5 Å². The van der Waals surface area contributed by atoms with Crippen molar-refractivity contribution in [2.45, 2.75) is 4.90 Å². The van der Waals surface area contributed by atoms with E-state index in [1.807, 2.05) is 0 Å². The van der Waals surface area contributed by atoms with Gasteiger partial charge in [-0.1, -0.05) is 23.2 Å². The Kier molecular flexibility index (Phi) is 6.38. The molecule has 0 atom stereocenters. The first-order valence-electron chi connectivity index (χ1n) is 8.21. The number of nitrogens with zero attached hydrogens (tertiary/aromatic N) is 1. The highest BCUT2D eigenvalue weighted by Crippen LogP contribution is 2.30. The largest absolute Gasteiger partial charge is 0.497 e. The average Bonchev–Trinajstić information content (AvgIpc) is 3.21. The molecule has 0 bridgehead atoms. The Bertz CT molecular complexity index is 1150. The zero-order valence-electron chi connectivity index (χ0n) is 15.3. The summed E-state index contributed by atoms with van der Waals surface area (Å²) in [7, 11) is -1.00. The zero-order chi connectivity index (χ0) is 21.2. The van der Waals surface area contributed by atoms with Crippen molar-refractivity contribution < 1.29 is 17.9 Å². The first-order chi connectivity index (χ1) is 13.7. The minimum atomic E-state index is -3.96. The fourth-order valence-electron chi connectivity index (χ4n) is 2.51. The minimum Gasteiger partial charge on any atom is -0.497 e. The van der Waals surface area contributed by atoms with Gasteiger partial charge in [-0.3, -0.25) is 9.10 Å². The van der Waals surface area contributed by atoms with E-state index < -0.39 is 15.9 Å². The Morgan fingerprint density at radius 3 is 2.38 bits per heavy atom. The molecule has 1 amide bonds. The predicted molar refractivity (Wildman–Crippen MR) is 117 cm³/mol. The average molecular weight is 471 g/mol. The van der Waals surface area contributed by atoms with Gasteiger partial charge in [0.25, 0.3) is 15.9 Å². The quantitative estimate of drug-likeness (QED) is 0.540. The van der Waals surface area contributed by atoms with Gasteiger partial charge in [0.05, 0.1) is 22.8 Å². The number of halogens is 2. The third kappa shape index (κ3) is 4.51. The number of carbonyl (C=O) groups excluding carboxylic acids is 1. The summed E-state index contributed by atoms with van der Waals surface area (Å²) in [5, 5.41) is 4.83. The SMILES string of the molecule is COc1ccc(N(C)S(=O)(=O)c2ccsc2C(=O)Nc2ccc(Cl)c(Cl)c2)cc1. The highest BCUT2D eigenvalue weighted by molar-refractivity contribution is 7.93.